The molecule has 0 aliphatic rings. The number of nitrogens with zero attached hydrogens (tertiary/aromatic N) is 2. The van der Waals surface area contributed by atoms with Crippen LogP contribution in [0.2, 0.25) is 0 Å². The fourth-order valence-electron chi connectivity index (χ4n) is 1.47. The zero-order valence-corrected chi connectivity index (χ0v) is 10.4. The molecule has 0 radical (unpaired) electrons. The maximum absolute atomic E-state index is 11.7. The average Bonchev–Trinajstić information content (AvgIpc) is 2.45. The summed E-state index contributed by atoms with van der Waals surface area (Å²) in [5, 5.41) is 6.94. The van der Waals surface area contributed by atoms with Crippen molar-refractivity contribution in [1.82, 2.24) is 9.78 Å². The molecular formula is C11H20N4O. The Hall–Kier alpha value is -1.52. The monoisotopic (exact) mass is 224 g/mol. The number of carbonyl (C=O) groups excluding carboxylic acids is 1. The second-order valence-electron chi connectivity index (χ2n) is 4.24. The lowest BCUT2D eigenvalue weighted by atomic mass is 10.1. The van der Waals surface area contributed by atoms with Gasteiger partial charge in [-0.15, -0.1) is 0 Å². The van der Waals surface area contributed by atoms with Gasteiger partial charge in [0.15, 0.2) is 5.82 Å². The third kappa shape index (κ3) is 2.74. The van der Waals surface area contributed by atoms with Crippen molar-refractivity contribution in [3.8, 4) is 0 Å². The first-order valence-electron chi connectivity index (χ1n) is 5.54. The van der Waals surface area contributed by atoms with Crippen LogP contribution in [0, 0.1) is 12.8 Å². The highest BCUT2D eigenvalue weighted by Gasteiger charge is 2.14. The minimum atomic E-state index is -0.0101. The van der Waals surface area contributed by atoms with Gasteiger partial charge in [0.2, 0.25) is 5.91 Å². The molecule has 0 aromatic carbocycles. The highest BCUT2D eigenvalue weighted by molar-refractivity contribution is 5.93. The van der Waals surface area contributed by atoms with Gasteiger partial charge in [-0.1, -0.05) is 20.3 Å². The van der Waals surface area contributed by atoms with E-state index in [0.717, 1.165) is 12.1 Å². The summed E-state index contributed by atoms with van der Waals surface area (Å²) in [6.45, 7) is 5.94. The van der Waals surface area contributed by atoms with Crippen molar-refractivity contribution in [2.75, 3.05) is 11.1 Å². The largest absolute Gasteiger partial charge is 0.394 e. The van der Waals surface area contributed by atoms with E-state index < -0.39 is 0 Å². The lowest BCUT2D eigenvalue weighted by molar-refractivity contribution is -0.117. The minimum Gasteiger partial charge on any atom is -0.394 e. The summed E-state index contributed by atoms with van der Waals surface area (Å²) in [6.07, 6.45) is 1.51. The molecule has 0 fully saturated rings. The quantitative estimate of drug-likeness (QED) is 0.817. The lowest BCUT2D eigenvalue weighted by Gasteiger charge is -2.09. The first-order valence-corrected chi connectivity index (χ1v) is 5.54. The molecule has 1 atom stereocenters. The van der Waals surface area contributed by atoms with Crippen molar-refractivity contribution < 1.29 is 4.79 Å². The van der Waals surface area contributed by atoms with Crippen molar-refractivity contribution >= 4 is 17.4 Å². The van der Waals surface area contributed by atoms with E-state index in [1.807, 2.05) is 6.92 Å². The van der Waals surface area contributed by atoms with Crippen LogP contribution in [0.4, 0.5) is 11.5 Å². The van der Waals surface area contributed by atoms with Crippen LogP contribution in [0.3, 0.4) is 0 Å². The number of aryl methyl sites for hydroxylation is 2. The Labute approximate surface area is 96.0 Å². The summed E-state index contributed by atoms with van der Waals surface area (Å²) in [6, 6.07) is 0. The van der Waals surface area contributed by atoms with E-state index in [-0.39, 0.29) is 5.91 Å². The SMILES string of the molecule is CCC(C)CC(=O)Nc1c(N)c(C)nn1C. The average molecular weight is 224 g/mol. The van der Waals surface area contributed by atoms with Crippen molar-refractivity contribution in [2.24, 2.45) is 13.0 Å². The third-order valence-corrected chi connectivity index (χ3v) is 2.76. The first-order chi connectivity index (χ1) is 7.45. The van der Waals surface area contributed by atoms with Gasteiger partial charge in [0, 0.05) is 13.5 Å². The van der Waals surface area contributed by atoms with Crippen LogP contribution in [0.5, 0.6) is 0 Å². The van der Waals surface area contributed by atoms with Crippen molar-refractivity contribution in [1.29, 1.82) is 0 Å². The summed E-state index contributed by atoms with van der Waals surface area (Å²) in [7, 11) is 1.77. The van der Waals surface area contributed by atoms with Gasteiger partial charge in [0.25, 0.3) is 0 Å². The Morgan fingerprint density at radius 3 is 2.69 bits per heavy atom. The molecule has 1 rings (SSSR count). The van der Waals surface area contributed by atoms with Gasteiger partial charge in [0.05, 0.1) is 11.4 Å². The van der Waals surface area contributed by atoms with Gasteiger partial charge < -0.3 is 11.1 Å². The molecule has 1 amide bonds. The van der Waals surface area contributed by atoms with E-state index in [1.54, 1.807) is 11.7 Å². The van der Waals surface area contributed by atoms with Gasteiger partial charge in [0.1, 0.15) is 0 Å². The van der Waals surface area contributed by atoms with Gasteiger partial charge in [-0.25, -0.2) is 0 Å². The van der Waals surface area contributed by atoms with E-state index in [9.17, 15) is 4.79 Å². The van der Waals surface area contributed by atoms with Gasteiger partial charge in [-0.05, 0) is 12.8 Å². The van der Waals surface area contributed by atoms with Crippen LogP contribution < -0.4 is 11.1 Å². The minimum absolute atomic E-state index is 0.0101. The molecule has 5 heteroatoms. The summed E-state index contributed by atoms with van der Waals surface area (Å²) < 4.78 is 1.60. The maximum atomic E-state index is 11.7. The number of aromatic nitrogens is 2. The summed E-state index contributed by atoms with van der Waals surface area (Å²) >= 11 is 0. The molecule has 0 aliphatic heterocycles. The van der Waals surface area contributed by atoms with Gasteiger partial charge in [-0.3, -0.25) is 9.48 Å². The molecular weight excluding hydrogens is 204 g/mol. The number of nitrogens with one attached hydrogen (secondary N) is 1. The lowest BCUT2D eigenvalue weighted by Crippen LogP contribution is -2.17. The highest BCUT2D eigenvalue weighted by atomic mass is 16.1. The van der Waals surface area contributed by atoms with E-state index in [0.29, 0.717) is 23.8 Å². The predicted molar refractivity (Wildman–Crippen MR) is 65.1 cm³/mol. The maximum Gasteiger partial charge on any atom is 0.225 e. The zero-order chi connectivity index (χ0) is 12.3. The number of carbonyl (C=O) groups is 1. The highest BCUT2D eigenvalue weighted by Crippen LogP contribution is 2.21. The normalized spacial score (nSPS) is 12.5. The molecule has 0 saturated carbocycles. The number of amides is 1. The fraction of sp³-hybridized carbons (Fsp3) is 0.636. The Morgan fingerprint density at radius 2 is 2.25 bits per heavy atom. The van der Waals surface area contributed by atoms with Crippen LogP contribution in [-0.2, 0) is 11.8 Å². The van der Waals surface area contributed by atoms with Gasteiger partial charge in [-0.2, -0.15) is 5.10 Å². The Balaban J connectivity index is 2.70. The molecule has 5 nitrogen and oxygen atoms in total. The number of nitrogen functional groups attached to an aromatic ring is 1. The van der Waals surface area contributed by atoms with Crippen LogP contribution in [-0.4, -0.2) is 15.7 Å². The molecule has 16 heavy (non-hydrogen) atoms. The number of rotatable bonds is 4. The Kier molecular flexibility index (Phi) is 3.93. The van der Waals surface area contributed by atoms with Crippen molar-refractivity contribution in [3.63, 3.8) is 0 Å². The number of anilines is 2. The summed E-state index contributed by atoms with van der Waals surface area (Å²) in [5.74, 6) is 0.963. The van der Waals surface area contributed by atoms with Crippen LogP contribution in [0.15, 0.2) is 0 Å². The molecule has 1 unspecified atom stereocenters. The number of hydrogen-bond acceptors (Lipinski definition) is 3. The predicted octanol–water partition coefficient (Wildman–Crippen LogP) is 1.69. The molecule has 3 N–H and O–H groups in total. The molecule has 0 saturated heterocycles. The third-order valence-electron chi connectivity index (χ3n) is 2.76. The smallest absolute Gasteiger partial charge is 0.225 e. The molecule has 1 aromatic rings. The number of hydrogen-bond donors (Lipinski definition) is 2. The van der Waals surface area contributed by atoms with E-state index in [1.165, 1.54) is 0 Å². The van der Waals surface area contributed by atoms with Crippen molar-refractivity contribution in [3.05, 3.63) is 5.69 Å². The van der Waals surface area contributed by atoms with E-state index in [2.05, 4.69) is 24.3 Å². The molecule has 0 spiro atoms. The zero-order valence-electron chi connectivity index (χ0n) is 10.4. The topological polar surface area (TPSA) is 72.9 Å². The molecule has 1 aromatic heterocycles. The number of nitrogens with two attached hydrogens (primary N) is 1. The molecule has 0 bridgehead atoms. The summed E-state index contributed by atoms with van der Waals surface area (Å²) in [4.78, 5) is 11.7. The van der Waals surface area contributed by atoms with E-state index in [4.69, 9.17) is 5.73 Å². The van der Waals surface area contributed by atoms with Crippen LogP contribution >= 0.6 is 0 Å². The Morgan fingerprint density at radius 1 is 1.62 bits per heavy atom. The standard InChI is InChI=1S/C11H20N4O/c1-5-7(2)6-9(16)13-11-10(12)8(3)14-15(11)4/h7H,5-6,12H2,1-4H3,(H,13,16). The second-order valence-corrected chi connectivity index (χ2v) is 4.24. The fourth-order valence-corrected chi connectivity index (χ4v) is 1.47. The Bertz CT molecular complexity index is 384. The van der Waals surface area contributed by atoms with E-state index >= 15 is 0 Å². The van der Waals surface area contributed by atoms with Gasteiger partial charge >= 0.3 is 0 Å². The molecule has 1 heterocycles. The molecule has 0 aliphatic carbocycles. The molecule has 90 valence electrons. The van der Waals surface area contributed by atoms with Crippen LogP contribution in [0.1, 0.15) is 32.4 Å². The second kappa shape index (κ2) is 5.01. The first kappa shape index (κ1) is 12.5. The van der Waals surface area contributed by atoms with Crippen molar-refractivity contribution in [2.45, 2.75) is 33.6 Å². The van der Waals surface area contributed by atoms with Crippen LogP contribution in [0.25, 0.3) is 0 Å². The summed E-state index contributed by atoms with van der Waals surface area (Å²) in [5.41, 5.74) is 7.10.